The van der Waals surface area contributed by atoms with Crippen molar-refractivity contribution in [2.24, 2.45) is 11.8 Å². The van der Waals surface area contributed by atoms with Crippen LogP contribution < -0.4 is 4.90 Å². The number of hydrogen-bond acceptors (Lipinski definition) is 2. The molecule has 4 bridgehead atoms. The molecule has 0 radical (unpaired) electrons. The van der Waals surface area contributed by atoms with Crippen LogP contribution in [0.5, 0.6) is 0 Å². The molecule has 0 N–H and O–H groups in total. The number of nitrogens with zero attached hydrogens (tertiary/aromatic N) is 1. The molecule has 3 saturated carbocycles. The standard InChI is InChI=1S/C53H43NO/c1-53(2)47-15-7-6-12-41(47)51-48(53)16-9-17-49(51)54(37-24-20-33(21-25-37)32-10-4-3-5-11-32)38-26-22-34(23-27-38)39-13-8-14-40-46-30-44-42-28-36-19-18-35(42)29-43(36)45(44)31-50(46)55-52(39)40/h3-17,20-27,30-31,35-36,42-43H,18-19,28-29H2,1-2H3/t35?,36-,42?,43?/m1/s1. The molecule has 1 heterocycles. The van der Waals surface area contributed by atoms with Crippen molar-refractivity contribution in [1.82, 2.24) is 0 Å². The normalized spacial score (nSPS) is 21.1. The first-order valence-electron chi connectivity index (χ1n) is 20.3. The molecule has 0 saturated heterocycles. The molecule has 6 aliphatic rings. The molecule has 2 heteroatoms. The molecule has 6 aliphatic carbocycles. The molecule has 1 aromatic heterocycles. The lowest BCUT2D eigenvalue weighted by Gasteiger charge is -2.53. The van der Waals surface area contributed by atoms with Crippen LogP contribution in [0.2, 0.25) is 0 Å². The van der Waals surface area contributed by atoms with Gasteiger partial charge in [-0.25, -0.2) is 0 Å². The van der Waals surface area contributed by atoms with Crippen LogP contribution in [-0.2, 0) is 5.41 Å². The number of anilines is 3. The summed E-state index contributed by atoms with van der Waals surface area (Å²) in [7, 11) is 0. The van der Waals surface area contributed by atoms with E-state index in [0.29, 0.717) is 0 Å². The molecule has 4 atom stereocenters. The molecule has 8 aromatic rings. The Kier molecular flexibility index (Phi) is 6.63. The Morgan fingerprint density at radius 2 is 1.13 bits per heavy atom. The quantitative estimate of drug-likeness (QED) is 0.177. The third-order valence-corrected chi connectivity index (χ3v) is 14.2. The minimum Gasteiger partial charge on any atom is -0.455 e. The third kappa shape index (κ3) is 4.55. The molecule has 0 spiro atoms. The molecule has 7 aromatic carbocycles. The minimum absolute atomic E-state index is 0.0850. The van der Waals surface area contributed by atoms with Crippen molar-refractivity contribution in [1.29, 1.82) is 0 Å². The Bertz CT molecular complexity index is 2810. The molecule has 2 nitrogen and oxygen atoms in total. The average Bonchev–Trinajstić information content (AvgIpc) is 3.73. The summed E-state index contributed by atoms with van der Waals surface area (Å²) < 4.78 is 6.85. The first kappa shape index (κ1) is 31.5. The summed E-state index contributed by atoms with van der Waals surface area (Å²) in [5.41, 5.74) is 18.8. The highest BCUT2D eigenvalue weighted by Gasteiger charge is 2.48. The van der Waals surface area contributed by atoms with Crippen LogP contribution in [0, 0.1) is 11.8 Å². The summed E-state index contributed by atoms with van der Waals surface area (Å²) in [6, 6.07) is 56.3. The number of para-hydroxylation sites is 1. The van der Waals surface area contributed by atoms with E-state index in [1.807, 2.05) is 0 Å². The molecule has 266 valence electrons. The first-order valence-corrected chi connectivity index (χ1v) is 20.3. The fourth-order valence-corrected chi connectivity index (χ4v) is 11.5. The molecule has 0 amide bonds. The molecule has 0 aliphatic heterocycles. The number of rotatable bonds is 5. The third-order valence-electron chi connectivity index (χ3n) is 14.2. The predicted molar refractivity (Wildman–Crippen MR) is 228 cm³/mol. The van der Waals surface area contributed by atoms with Crippen LogP contribution in [0.1, 0.15) is 73.6 Å². The lowest BCUT2D eigenvalue weighted by atomic mass is 9.51. The van der Waals surface area contributed by atoms with Gasteiger partial charge < -0.3 is 9.32 Å². The van der Waals surface area contributed by atoms with Crippen LogP contribution in [-0.4, -0.2) is 0 Å². The van der Waals surface area contributed by atoms with Crippen molar-refractivity contribution in [2.75, 3.05) is 4.90 Å². The van der Waals surface area contributed by atoms with Crippen LogP contribution in [0.3, 0.4) is 0 Å². The highest BCUT2D eigenvalue weighted by molar-refractivity contribution is 6.10. The second-order valence-corrected chi connectivity index (χ2v) is 17.2. The van der Waals surface area contributed by atoms with Crippen molar-refractivity contribution >= 4 is 39.0 Å². The average molecular weight is 710 g/mol. The van der Waals surface area contributed by atoms with E-state index in [-0.39, 0.29) is 5.41 Å². The predicted octanol–water partition coefficient (Wildman–Crippen LogP) is 14.7. The summed E-state index contributed by atoms with van der Waals surface area (Å²) in [5, 5.41) is 2.51. The van der Waals surface area contributed by atoms with Gasteiger partial charge in [0.1, 0.15) is 11.2 Å². The Balaban J connectivity index is 0.982. The van der Waals surface area contributed by atoms with Gasteiger partial charge in [-0.15, -0.1) is 0 Å². The zero-order valence-corrected chi connectivity index (χ0v) is 31.4. The van der Waals surface area contributed by atoms with Gasteiger partial charge in [-0.3, -0.25) is 0 Å². The molecular weight excluding hydrogens is 667 g/mol. The fourth-order valence-electron chi connectivity index (χ4n) is 11.5. The van der Waals surface area contributed by atoms with E-state index in [4.69, 9.17) is 4.42 Å². The maximum Gasteiger partial charge on any atom is 0.143 e. The van der Waals surface area contributed by atoms with Gasteiger partial charge in [0.25, 0.3) is 0 Å². The van der Waals surface area contributed by atoms with Crippen molar-refractivity contribution in [3.8, 4) is 33.4 Å². The van der Waals surface area contributed by atoms with Gasteiger partial charge in [-0.2, -0.15) is 0 Å². The van der Waals surface area contributed by atoms with Crippen LogP contribution in [0.25, 0.3) is 55.3 Å². The molecular formula is C53H43NO. The van der Waals surface area contributed by atoms with Crippen LogP contribution in [0.15, 0.2) is 156 Å². The van der Waals surface area contributed by atoms with E-state index < -0.39 is 0 Å². The van der Waals surface area contributed by atoms with Crippen LogP contribution >= 0.6 is 0 Å². The Morgan fingerprint density at radius 3 is 1.85 bits per heavy atom. The summed E-state index contributed by atoms with van der Waals surface area (Å²) >= 11 is 0. The van der Waals surface area contributed by atoms with Gasteiger partial charge in [0.05, 0.1) is 5.69 Å². The molecule has 14 rings (SSSR count). The zero-order chi connectivity index (χ0) is 36.4. The Hall–Kier alpha value is -5.86. The maximum absolute atomic E-state index is 6.85. The van der Waals surface area contributed by atoms with E-state index in [1.165, 1.54) is 81.1 Å². The van der Waals surface area contributed by atoms with Crippen molar-refractivity contribution in [3.63, 3.8) is 0 Å². The van der Waals surface area contributed by atoms with Gasteiger partial charge >= 0.3 is 0 Å². The summed E-state index contributed by atoms with van der Waals surface area (Å²) in [5.74, 6) is 3.22. The highest BCUT2D eigenvalue weighted by Crippen LogP contribution is 2.62. The number of furan rings is 1. The minimum atomic E-state index is -0.0850. The zero-order valence-electron chi connectivity index (χ0n) is 31.4. The van der Waals surface area contributed by atoms with Gasteiger partial charge in [-0.1, -0.05) is 123 Å². The van der Waals surface area contributed by atoms with E-state index in [9.17, 15) is 0 Å². The summed E-state index contributed by atoms with van der Waals surface area (Å²) in [6.45, 7) is 4.72. The Morgan fingerprint density at radius 1 is 0.527 bits per heavy atom. The topological polar surface area (TPSA) is 16.4 Å². The molecule has 3 unspecified atom stereocenters. The smallest absolute Gasteiger partial charge is 0.143 e. The van der Waals surface area contributed by atoms with Gasteiger partial charge in [0, 0.05) is 38.7 Å². The second kappa shape index (κ2) is 11.6. The van der Waals surface area contributed by atoms with Gasteiger partial charge in [0.2, 0.25) is 0 Å². The molecule has 3 fully saturated rings. The number of hydrogen-bond donors (Lipinski definition) is 0. The SMILES string of the molecule is CC1(C)c2ccccc2-c2c(N(c3ccc(-c4ccccc4)cc3)c3ccc(-c4cccc5c4oc4cc6c(cc45)C4C[C@H]5CCC4CC65)cc3)cccc21. The fraction of sp³-hybridized carbons (Fsp3) is 0.208. The monoisotopic (exact) mass is 709 g/mol. The van der Waals surface area contributed by atoms with Crippen molar-refractivity contribution < 1.29 is 4.42 Å². The van der Waals surface area contributed by atoms with Crippen molar-refractivity contribution in [3.05, 3.63) is 174 Å². The van der Waals surface area contributed by atoms with E-state index >= 15 is 0 Å². The van der Waals surface area contributed by atoms with E-state index in [1.54, 1.807) is 11.1 Å². The van der Waals surface area contributed by atoms with Crippen molar-refractivity contribution in [2.45, 2.75) is 56.8 Å². The maximum atomic E-state index is 6.85. The lowest BCUT2D eigenvalue weighted by Crippen LogP contribution is -2.40. The van der Waals surface area contributed by atoms with Gasteiger partial charge in [0.15, 0.2) is 0 Å². The lowest BCUT2D eigenvalue weighted by molar-refractivity contribution is 0.0962. The first-order chi connectivity index (χ1) is 27.0. The van der Waals surface area contributed by atoms with Gasteiger partial charge in [-0.05, 0) is 136 Å². The highest BCUT2D eigenvalue weighted by atomic mass is 16.3. The summed E-state index contributed by atoms with van der Waals surface area (Å²) in [4.78, 5) is 2.45. The number of benzene rings is 7. The number of fused-ring (bicyclic) bond motifs is 7. The Labute approximate surface area is 323 Å². The summed E-state index contributed by atoms with van der Waals surface area (Å²) in [6.07, 6.45) is 5.61. The van der Waals surface area contributed by atoms with Crippen LogP contribution in [0.4, 0.5) is 17.1 Å². The van der Waals surface area contributed by atoms with E-state index in [0.717, 1.165) is 51.8 Å². The van der Waals surface area contributed by atoms with E-state index in [2.05, 4.69) is 170 Å². The second-order valence-electron chi connectivity index (χ2n) is 17.2. The largest absolute Gasteiger partial charge is 0.455 e. The molecule has 55 heavy (non-hydrogen) atoms.